The van der Waals surface area contributed by atoms with Gasteiger partial charge in [-0.1, -0.05) is 36.8 Å². The molecule has 1 aromatic rings. The lowest BCUT2D eigenvalue weighted by molar-refractivity contribution is -0.135. The van der Waals surface area contributed by atoms with E-state index in [-0.39, 0.29) is 5.92 Å². The van der Waals surface area contributed by atoms with Crippen LogP contribution in [-0.4, -0.2) is 30.4 Å². The molecule has 0 aromatic heterocycles. The molecule has 0 bridgehead atoms. The molecule has 2 fully saturated rings. The van der Waals surface area contributed by atoms with E-state index in [4.69, 9.17) is 5.73 Å². The van der Waals surface area contributed by atoms with E-state index in [1.807, 2.05) is 0 Å². The second-order valence-electron chi connectivity index (χ2n) is 6.66. The maximum atomic E-state index is 12.7. The second kappa shape index (κ2) is 6.61. The van der Waals surface area contributed by atoms with Crippen molar-refractivity contribution in [3.8, 4) is 0 Å². The molecular formula is C18H26N2O. The molecule has 1 aromatic carbocycles. The van der Waals surface area contributed by atoms with Gasteiger partial charge in [-0.15, -0.1) is 0 Å². The number of carbonyl (C=O) groups is 1. The normalized spacial score (nSPS) is 29.0. The van der Waals surface area contributed by atoms with Gasteiger partial charge in [0.15, 0.2) is 0 Å². The van der Waals surface area contributed by atoms with Crippen LogP contribution in [0, 0.1) is 17.8 Å². The van der Waals surface area contributed by atoms with Crippen LogP contribution < -0.4 is 5.73 Å². The molecule has 1 unspecified atom stereocenters. The predicted molar refractivity (Wildman–Crippen MR) is 84.7 cm³/mol. The number of carbonyl (C=O) groups excluding carboxylic acids is 1. The second-order valence-corrected chi connectivity index (χ2v) is 6.66. The Hall–Kier alpha value is -1.35. The summed E-state index contributed by atoms with van der Waals surface area (Å²) in [6.07, 6.45) is 5.57. The molecule has 1 saturated heterocycles. The molecule has 0 spiro atoms. The molecule has 2 N–H and O–H groups in total. The standard InChI is InChI=1S/C18H26N2O/c19-12-16-7-4-8-17(16)18(21)20-10-9-15(13-20)11-14-5-2-1-3-6-14/h1-3,5-6,15-17H,4,7-13,19H2/t15?,16-,17-/m1/s1. The zero-order valence-electron chi connectivity index (χ0n) is 12.7. The molecule has 3 nitrogen and oxygen atoms in total. The van der Waals surface area contributed by atoms with Gasteiger partial charge in [-0.25, -0.2) is 0 Å². The topological polar surface area (TPSA) is 46.3 Å². The highest BCUT2D eigenvalue weighted by Crippen LogP contribution is 2.34. The SMILES string of the molecule is NC[C@H]1CCC[C@H]1C(=O)N1CCC(Cc2ccccc2)C1. The van der Waals surface area contributed by atoms with Crippen LogP contribution in [0.2, 0.25) is 0 Å². The van der Waals surface area contributed by atoms with Crippen LogP contribution in [0.4, 0.5) is 0 Å². The minimum absolute atomic E-state index is 0.200. The average molecular weight is 286 g/mol. The Morgan fingerprint density at radius 2 is 2.00 bits per heavy atom. The van der Waals surface area contributed by atoms with Crippen LogP contribution in [0.25, 0.3) is 0 Å². The Bertz CT molecular complexity index is 473. The van der Waals surface area contributed by atoms with Crippen LogP contribution >= 0.6 is 0 Å². The lowest BCUT2D eigenvalue weighted by atomic mass is 9.94. The number of likely N-dealkylation sites (tertiary alicyclic amines) is 1. The highest BCUT2D eigenvalue weighted by Gasteiger charge is 2.37. The third-order valence-corrected chi connectivity index (χ3v) is 5.24. The van der Waals surface area contributed by atoms with E-state index in [0.29, 0.717) is 24.3 Å². The third kappa shape index (κ3) is 3.29. The van der Waals surface area contributed by atoms with Gasteiger partial charge in [-0.05, 0) is 49.6 Å². The van der Waals surface area contributed by atoms with E-state index in [1.54, 1.807) is 0 Å². The number of hydrogen-bond donors (Lipinski definition) is 1. The van der Waals surface area contributed by atoms with Crippen molar-refractivity contribution in [3.05, 3.63) is 35.9 Å². The number of rotatable bonds is 4. The van der Waals surface area contributed by atoms with E-state index < -0.39 is 0 Å². The fourth-order valence-electron chi connectivity index (χ4n) is 4.03. The molecule has 1 aliphatic carbocycles. The zero-order valence-corrected chi connectivity index (χ0v) is 12.7. The molecular weight excluding hydrogens is 260 g/mol. The first-order valence-electron chi connectivity index (χ1n) is 8.30. The highest BCUT2D eigenvalue weighted by molar-refractivity contribution is 5.79. The molecule has 3 heteroatoms. The lowest BCUT2D eigenvalue weighted by Gasteiger charge is -2.24. The maximum Gasteiger partial charge on any atom is 0.226 e. The van der Waals surface area contributed by atoms with Crippen molar-refractivity contribution in [1.29, 1.82) is 0 Å². The Morgan fingerprint density at radius 1 is 1.19 bits per heavy atom. The summed E-state index contributed by atoms with van der Waals surface area (Å²) in [4.78, 5) is 14.8. The van der Waals surface area contributed by atoms with E-state index in [0.717, 1.165) is 38.8 Å². The maximum absolute atomic E-state index is 12.7. The smallest absolute Gasteiger partial charge is 0.226 e. The van der Waals surface area contributed by atoms with E-state index in [2.05, 4.69) is 35.2 Å². The summed E-state index contributed by atoms with van der Waals surface area (Å²) in [5, 5.41) is 0. The van der Waals surface area contributed by atoms with Crippen LogP contribution in [-0.2, 0) is 11.2 Å². The van der Waals surface area contributed by atoms with Crippen LogP contribution in [0.1, 0.15) is 31.2 Å². The number of nitrogens with two attached hydrogens (primary N) is 1. The third-order valence-electron chi connectivity index (χ3n) is 5.24. The lowest BCUT2D eigenvalue weighted by Crippen LogP contribution is -2.37. The van der Waals surface area contributed by atoms with E-state index in [1.165, 1.54) is 12.0 Å². The number of amides is 1. The average Bonchev–Trinajstić information content (AvgIpc) is 3.16. The number of benzene rings is 1. The minimum atomic E-state index is 0.200. The Morgan fingerprint density at radius 3 is 2.76 bits per heavy atom. The van der Waals surface area contributed by atoms with Crippen molar-refractivity contribution >= 4 is 5.91 Å². The molecule has 21 heavy (non-hydrogen) atoms. The van der Waals surface area contributed by atoms with Gasteiger partial charge in [0.05, 0.1) is 0 Å². The fraction of sp³-hybridized carbons (Fsp3) is 0.611. The molecule has 1 heterocycles. The van der Waals surface area contributed by atoms with Gasteiger partial charge >= 0.3 is 0 Å². The monoisotopic (exact) mass is 286 g/mol. The molecule has 3 atom stereocenters. The predicted octanol–water partition coefficient (Wildman–Crippen LogP) is 2.45. The summed E-state index contributed by atoms with van der Waals surface area (Å²) in [5.41, 5.74) is 7.21. The van der Waals surface area contributed by atoms with Crippen molar-refractivity contribution in [2.24, 2.45) is 23.5 Å². The van der Waals surface area contributed by atoms with Gasteiger partial charge in [0, 0.05) is 19.0 Å². The summed E-state index contributed by atoms with van der Waals surface area (Å²) in [6.45, 7) is 2.53. The van der Waals surface area contributed by atoms with Gasteiger partial charge in [-0.2, -0.15) is 0 Å². The van der Waals surface area contributed by atoms with Crippen molar-refractivity contribution in [2.45, 2.75) is 32.1 Å². The van der Waals surface area contributed by atoms with Crippen molar-refractivity contribution in [3.63, 3.8) is 0 Å². The fourth-order valence-corrected chi connectivity index (χ4v) is 4.03. The van der Waals surface area contributed by atoms with Crippen LogP contribution in [0.5, 0.6) is 0 Å². The van der Waals surface area contributed by atoms with E-state index in [9.17, 15) is 4.79 Å². The zero-order chi connectivity index (χ0) is 14.7. The summed E-state index contributed by atoms with van der Waals surface area (Å²) in [5.74, 6) is 1.61. The van der Waals surface area contributed by atoms with Crippen molar-refractivity contribution in [1.82, 2.24) is 4.90 Å². The highest BCUT2D eigenvalue weighted by atomic mass is 16.2. The minimum Gasteiger partial charge on any atom is -0.342 e. The summed E-state index contributed by atoms with van der Waals surface area (Å²) >= 11 is 0. The molecule has 0 radical (unpaired) electrons. The summed E-state index contributed by atoms with van der Waals surface area (Å²) in [6, 6.07) is 10.6. The molecule has 3 rings (SSSR count). The Balaban J connectivity index is 1.55. The molecule has 2 aliphatic rings. The Labute approximate surface area is 127 Å². The molecule has 1 aliphatic heterocycles. The van der Waals surface area contributed by atoms with Gasteiger partial charge < -0.3 is 10.6 Å². The van der Waals surface area contributed by atoms with Gasteiger partial charge in [0.25, 0.3) is 0 Å². The largest absolute Gasteiger partial charge is 0.342 e. The first-order valence-corrected chi connectivity index (χ1v) is 8.30. The number of hydrogen-bond acceptors (Lipinski definition) is 2. The first kappa shape index (κ1) is 14.6. The quantitative estimate of drug-likeness (QED) is 0.924. The van der Waals surface area contributed by atoms with Gasteiger partial charge in [-0.3, -0.25) is 4.79 Å². The Kier molecular flexibility index (Phi) is 4.59. The van der Waals surface area contributed by atoms with Crippen molar-refractivity contribution < 1.29 is 4.79 Å². The molecule has 1 saturated carbocycles. The van der Waals surface area contributed by atoms with E-state index >= 15 is 0 Å². The van der Waals surface area contributed by atoms with Gasteiger partial charge in [0.1, 0.15) is 0 Å². The first-order chi connectivity index (χ1) is 10.3. The van der Waals surface area contributed by atoms with Gasteiger partial charge in [0.2, 0.25) is 5.91 Å². The van der Waals surface area contributed by atoms with Crippen molar-refractivity contribution in [2.75, 3.05) is 19.6 Å². The summed E-state index contributed by atoms with van der Waals surface area (Å²) in [7, 11) is 0. The van der Waals surface area contributed by atoms with Crippen LogP contribution in [0.3, 0.4) is 0 Å². The molecule has 114 valence electrons. The van der Waals surface area contributed by atoms with Crippen LogP contribution in [0.15, 0.2) is 30.3 Å². The number of nitrogens with zero attached hydrogens (tertiary/aromatic N) is 1. The molecule has 1 amide bonds. The summed E-state index contributed by atoms with van der Waals surface area (Å²) < 4.78 is 0.